The van der Waals surface area contributed by atoms with Crippen molar-refractivity contribution in [3.63, 3.8) is 0 Å². The Bertz CT molecular complexity index is 552. The zero-order valence-corrected chi connectivity index (χ0v) is 11.5. The fourth-order valence-electron chi connectivity index (χ4n) is 1.82. The molecule has 1 unspecified atom stereocenters. The van der Waals surface area contributed by atoms with Crippen LogP contribution in [0.5, 0.6) is 11.5 Å². The molecular formula is C15H15ClO3. The number of methoxy groups -OCH3 is 2. The molecule has 0 fully saturated rings. The lowest BCUT2D eigenvalue weighted by Gasteiger charge is -2.14. The second-order valence-electron chi connectivity index (χ2n) is 4.06. The molecule has 3 nitrogen and oxygen atoms in total. The van der Waals surface area contributed by atoms with E-state index in [0.29, 0.717) is 16.3 Å². The quantitative estimate of drug-likeness (QED) is 0.931. The summed E-state index contributed by atoms with van der Waals surface area (Å²) in [4.78, 5) is 0. The smallest absolute Gasteiger partial charge is 0.120 e. The van der Waals surface area contributed by atoms with Crippen LogP contribution in [0.15, 0.2) is 42.5 Å². The van der Waals surface area contributed by atoms with Gasteiger partial charge in [-0.2, -0.15) is 0 Å². The minimum absolute atomic E-state index is 0.475. The van der Waals surface area contributed by atoms with E-state index in [0.717, 1.165) is 11.3 Å². The molecular weight excluding hydrogens is 264 g/mol. The molecule has 0 aliphatic rings. The number of benzene rings is 2. The first-order valence-electron chi connectivity index (χ1n) is 5.81. The summed E-state index contributed by atoms with van der Waals surface area (Å²) < 4.78 is 10.2. The molecule has 100 valence electrons. The van der Waals surface area contributed by atoms with Crippen molar-refractivity contribution < 1.29 is 14.6 Å². The highest BCUT2D eigenvalue weighted by Gasteiger charge is 2.14. The van der Waals surface area contributed by atoms with Gasteiger partial charge in [-0.1, -0.05) is 29.8 Å². The van der Waals surface area contributed by atoms with E-state index >= 15 is 0 Å². The van der Waals surface area contributed by atoms with Crippen LogP contribution in [0.2, 0.25) is 5.02 Å². The normalized spacial score (nSPS) is 12.0. The summed E-state index contributed by atoms with van der Waals surface area (Å²) in [6.07, 6.45) is -0.774. The summed E-state index contributed by atoms with van der Waals surface area (Å²) in [6.45, 7) is 0. The molecule has 2 rings (SSSR count). The van der Waals surface area contributed by atoms with E-state index in [9.17, 15) is 5.11 Å². The fraction of sp³-hybridized carbons (Fsp3) is 0.200. The number of aliphatic hydroxyl groups excluding tert-OH is 1. The Balaban J connectivity index is 2.29. The molecule has 0 aliphatic heterocycles. The average Bonchev–Trinajstić information content (AvgIpc) is 2.46. The van der Waals surface area contributed by atoms with Gasteiger partial charge in [0.15, 0.2) is 0 Å². The van der Waals surface area contributed by atoms with Gasteiger partial charge in [0.25, 0.3) is 0 Å². The molecule has 0 aromatic heterocycles. The Morgan fingerprint density at radius 1 is 0.947 bits per heavy atom. The molecule has 0 saturated carbocycles. The average molecular weight is 279 g/mol. The molecule has 4 heteroatoms. The van der Waals surface area contributed by atoms with E-state index in [-0.39, 0.29) is 0 Å². The molecule has 0 saturated heterocycles. The lowest BCUT2D eigenvalue weighted by molar-refractivity contribution is 0.220. The molecule has 0 bridgehead atoms. The third-order valence-electron chi connectivity index (χ3n) is 2.93. The lowest BCUT2D eigenvalue weighted by Crippen LogP contribution is -2.00. The number of rotatable bonds is 4. The summed E-state index contributed by atoms with van der Waals surface area (Å²) in [5, 5.41) is 10.8. The van der Waals surface area contributed by atoms with Crippen LogP contribution in [-0.2, 0) is 0 Å². The first kappa shape index (κ1) is 13.7. The Hall–Kier alpha value is -1.71. The first-order chi connectivity index (χ1) is 9.15. The number of halogens is 1. The molecule has 1 N–H and O–H groups in total. The van der Waals surface area contributed by atoms with Crippen LogP contribution < -0.4 is 9.47 Å². The van der Waals surface area contributed by atoms with Gasteiger partial charge in [-0.25, -0.2) is 0 Å². The van der Waals surface area contributed by atoms with Crippen LogP contribution in [0.4, 0.5) is 0 Å². The van der Waals surface area contributed by atoms with Crippen molar-refractivity contribution in [1.82, 2.24) is 0 Å². The van der Waals surface area contributed by atoms with Crippen molar-refractivity contribution in [2.75, 3.05) is 14.2 Å². The van der Waals surface area contributed by atoms with Crippen molar-refractivity contribution in [2.24, 2.45) is 0 Å². The van der Waals surface area contributed by atoms with E-state index in [1.54, 1.807) is 44.6 Å². The molecule has 19 heavy (non-hydrogen) atoms. The van der Waals surface area contributed by atoms with Crippen molar-refractivity contribution in [1.29, 1.82) is 0 Å². The summed E-state index contributed by atoms with van der Waals surface area (Å²) in [7, 11) is 3.18. The van der Waals surface area contributed by atoms with Crippen LogP contribution >= 0.6 is 11.6 Å². The molecule has 2 aromatic carbocycles. The molecule has 0 heterocycles. The van der Waals surface area contributed by atoms with Crippen molar-refractivity contribution in [3.8, 4) is 11.5 Å². The van der Waals surface area contributed by atoms with E-state index in [1.807, 2.05) is 12.1 Å². The Morgan fingerprint density at radius 3 is 2.05 bits per heavy atom. The van der Waals surface area contributed by atoms with Gasteiger partial charge in [-0.05, 0) is 29.8 Å². The van der Waals surface area contributed by atoms with Gasteiger partial charge in [0.1, 0.15) is 17.6 Å². The fourth-order valence-corrected chi connectivity index (χ4v) is 2.10. The second-order valence-corrected chi connectivity index (χ2v) is 4.47. The zero-order chi connectivity index (χ0) is 13.8. The highest BCUT2D eigenvalue weighted by Crippen LogP contribution is 2.31. The van der Waals surface area contributed by atoms with E-state index in [2.05, 4.69) is 0 Å². The van der Waals surface area contributed by atoms with Gasteiger partial charge in [0.05, 0.1) is 19.2 Å². The Morgan fingerprint density at radius 2 is 1.53 bits per heavy atom. The molecule has 0 spiro atoms. The third-order valence-corrected chi connectivity index (χ3v) is 3.26. The van der Waals surface area contributed by atoms with Gasteiger partial charge >= 0.3 is 0 Å². The van der Waals surface area contributed by atoms with Crippen LogP contribution in [0.3, 0.4) is 0 Å². The molecule has 2 aromatic rings. The Labute approximate surface area is 117 Å². The second kappa shape index (κ2) is 5.95. The van der Waals surface area contributed by atoms with Crippen molar-refractivity contribution in [3.05, 3.63) is 58.6 Å². The maximum Gasteiger partial charge on any atom is 0.120 e. The number of hydrogen-bond donors (Lipinski definition) is 1. The largest absolute Gasteiger partial charge is 0.497 e. The van der Waals surface area contributed by atoms with Gasteiger partial charge in [0.2, 0.25) is 0 Å². The van der Waals surface area contributed by atoms with Gasteiger partial charge < -0.3 is 14.6 Å². The lowest BCUT2D eigenvalue weighted by atomic mass is 10.0. The zero-order valence-electron chi connectivity index (χ0n) is 10.8. The van der Waals surface area contributed by atoms with E-state index in [4.69, 9.17) is 21.1 Å². The summed E-state index contributed by atoms with van der Waals surface area (Å²) >= 11 is 6.15. The van der Waals surface area contributed by atoms with E-state index < -0.39 is 6.10 Å². The van der Waals surface area contributed by atoms with Crippen LogP contribution in [0, 0.1) is 0 Å². The maximum atomic E-state index is 10.3. The predicted molar refractivity (Wildman–Crippen MR) is 75.1 cm³/mol. The number of ether oxygens (including phenoxy) is 2. The molecule has 0 amide bonds. The van der Waals surface area contributed by atoms with Crippen LogP contribution in [-0.4, -0.2) is 19.3 Å². The van der Waals surface area contributed by atoms with Crippen molar-refractivity contribution in [2.45, 2.75) is 6.10 Å². The highest BCUT2D eigenvalue weighted by atomic mass is 35.5. The Kier molecular flexibility index (Phi) is 4.30. The topological polar surface area (TPSA) is 38.7 Å². The number of aliphatic hydroxyl groups is 1. The first-order valence-corrected chi connectivity index (χ1v) is 6.19. The SMILES string of the molecule is COc1ccc(C(O)c2ccc(OC)cc2Cl)cc1. The highest BCUT2D eigenvalue weighted by molar-refractivity contribution is 6.31. The molecule has 0 aliphatic carbocycles. The summed E-state index contributed by atoms with van der Waals surface area (Å²) in [6, 6.07) is 12.4. The summed E-state index contributed by atoms with van der Waals surface area (Å²) in [5.74, 6) is 1.41. The summed E-state index contributed by atoms with van der Waals surface area (Å²) in [5.41, 5.74) is 1.40. The number of hydrogen-bond acceptors (Lipinski definition) is 3. The van der Waals surface area contributed by atoms with Crippen LogP contribution in [0.25, 0.3) is 0 Å². The molecule has 0 radical (unpaired) electrons. The maximum absolute atomic E-state index is 10.3. The third kappa shape index (κ3) is 3.00. The monoisotopic (exact) mass is 278 g/mol. The van der Waals surface area contributed by atoms with Gasteiger partial charge in [-0.3, -0.25) is 0 Å². The van der Waals surface area contributed by atoms with Crippen molar-refractivity contribution >= 4 is 11.6 Å². The predicted octanol–water partition coefficient (Wildman–Crippen LogP) is 3.44. The van der Waals surface area contributed by atoms with Gasteiger partial charge in [-0.15, -0.1) is 0 Å². The minimum atomic E-state index is -0.774. The molecule has 1 atom stereocenters. The minimum Gasteiger partial charge on any atom is -0.497 e. The van der Waals surface area contributed by atoms with Crippen LogP contribution in [0.1, 0.15) is 17.2 Å². The van der Waals surface area contributed by atoms with Gasteiger partial charge in [0, 0.05) is 5.56 Å². The standard InChI is InChI=1S/C15H15ClO3/c1-18-11-5-3-10(4-6-11)15(17)13-8-7-12(19-2)9-14(13)16/h3-9,15,17H,1-2H3. The van der Waals surface area contributed by atoms with E-state index in [1.165, 1.54) is 0 Å².